The fourth-order valence-corrected chi connectivity index (χ4v) is 2.07. The number of rotatable bonds is 1. The first kappa shape index (κ1) is 10.7. The topological polar surface area (TPSA) is 43.8 Å². The lowest BCUT2D eigenvalue weighted by atomic mass is 9.93. The molecule has 3 nitrogen and oxygen atoms in total. The van der Waals surface area contributed by atoms with Crippen LogP contribution in [0.2, 0.25) is 0 Å². The Morgan fingerprint density at radius 2 is 2.27 bits per heavy atom. The summed E-state index contributed by atoms with van der Waals surface area (Å²) in [6, 6.07) is 0. The molecule has 1 unspecified atom stereocenters. The van der Waals surface area contributed by atoms with E-state index in [-0.39, 0.29) is 5.41 Å². The van der Waals surface area contributed by atoms with Gasteiger partial charge in [-0.25, -0.2) is 4.98 Å². The highest BCUT2D eigenvalue weighted by Gasteiger charge is 2.23. The van der Waals surface area contributed by atoms with Crippen LogP contribution in [-0.2, 0) is 18.4 Å². The lowest BCUT2D eigenvalue weighted by Gasteiger charge is -2.21. The first-order valence-corrected chi connectivity index (χ1v) is 5.77. The van der Waals surface area contributed by atoms with Gasteiger partial charge in [0.05, 0.1) is 5.69 Å². The van der Waals surface area contributed by atoms with E-state index < -0.39 is 0 Å². The van der Waals surface area contributed by atoms with Gasteiger partial charge in [-0.3, -0.25) is 0 Å². The molecule has 1 aliphatic heterocycles. The molecule has 0 aromatic carbocycles. The van der Waals surface area contributed by atoms with Crippen LogP contribution in [0, 0.1) is 5.92 Å². The van der Waals surface area contributed by atoms with E-state index in [0.717, 1.165) is 19.5 Å². The van der Waals surface area contributed by atoms with Crippen molar-refractivity contribution in [2.75, 3.05) is 6.54 Å². The minimum absolute atomic E-state index is 0.155. The Morgan fingerprint density at radius 3 is 2.87 bits per heavy atom. The van der Waals surface area contributed by atoms with Gasteiger partial charge < -0.3 is 10.3 Å². The second-order valence-electron chi connectivity index (χ2n) is 5.59. The Kier molecular flexibility index (Phi) is 2.59. The quantitative estimate of drug-likeness (QED) is 0.761. The average Bonchev–Trinajstić information content (AvgIpc) is 2.59. The number of nitrogens with zero attached hydrogens (tertiary/aromatic N) is 2. The fraction of sp³-hybridized carbons (Fsp3) is 0.750. The van der Waals surface area contributed by atoms with Gasteiger partial charge in [0.2, 0.25) is 0 Å². The second-order valence-corrected chi connectivity index (χ2v) is 5.59. The third-order valence-electron chi connectivity index (χ3n) is 3.19. The summed E-state index contributed by atoms with van der Waals surface area (Å²) in [5.74, 6) is 1.88. The maximum atomic E-state index is 5.72. The zero-order valence-electron chi connectivity index (χ0n) is 9.95. The lowest BCUT2D eigenvalue weighted by molar-refractivity contribution is 0.373. The number of fused-ring (bicyclic) bond motifs is 1. The summed E-state index contributed by atoms with van der Waals surface area (Å²) in [5, 5.41) is 0. The standard InChI is InChI=1S/C12H21N3/c1-12(2,3)10-8-15-7-9(6-13)4-5-11(15)14-10/h8-9H,4-7,13H2,1-3H3. The Morgan fingerprint density at radius 1 is 1.53 bits per heavy atom. The first-order valence-electron chi connectivity index (χ1n) is 5.77. The van der Waals surface area contributed by atoms with E-state index in [4.69, 9.17) is 10.7 Å². The molecule has 3 heteroatoms. The van der Waals surface area contributed by atoms with Crippen molar-refractivity contribution in [1.29, 1.82) is 0 Å². The van der Waals surface area contributed by atoms with Crippen LogP contribution in [0.1, 0.15) is 38.7 Å². The van der Waals surface area contributed by atoms with Crippen LogP contribution < -0.4 is 5.73 Å². The molecule has 0 saturated carbocycles. The van der Waals surface area contributed by atoms with Crippen molar-refractivity contribution in [2.24, 2.45) is 11.7 Å². The van der Waals surface area contributed by atoms with E-state index >= 15 is 0 Å². The van der Waals surface area contributed by atoms with E-state index in [1.807, 2.05) is 0 Å². The van der Waals surface area contributed by atoms with Crippen molar-refractivity contribution >= 4 is 0 Å². The van der Waals surface area contributed by atoms with Gasteiger partial charge in [0, 0.05) is 24.6 Å². The van der Waals surface area contributed by atoms with Gasteiger partial charge in [-0.1, -0.05) is 20.8 Å². The predicted molar refractivity (Wildman–Crippen MR) is 61.8 cm³/mol. The van der Waals surface area contributed by atoms with Crippen LogP contribution in [0.4, 0.5) is 0 Å². The summed E-state index contributed by atoms with van der Waals surface area (Å²) in [4.78, 5) is 4.71. The molecule has 0 fully saturated rings. The van der Waals surface area contributed by atoms with Crippen LogP contribution in [0.5, 0.6) is 0 Å². The van der Waals surface area contributed by atoms with E-state index in [2.05, 4.69) is 31.5 Å². The summed E-state index contributed by atoms with van der Waals surface area (Å²) < 4.78 is 2.29. The van der Waals surface area contributed by atoms with Gasteiger partial charge in [0.1, 0.15) is 5.82 Å². The van der Waals surface area contributed by atoms with Crippen LogP contribution >= 0.6 is 0 Å². The van der Waals surface area contributed by atoms with Crippen molar-refractivity contribution in [1.82, 2.24) is 9.55 Å². The van der Waals surface area contributed by atoms with Crippen LogP contribution in [0.3, 0.4) is 0 Å². The highest BCUT2D eigenvalue weighted by Crippen LogP contribution is 2.25. The van der Waals surface area contributed by atoms with Gasteiger partial charge in [0.25, 0.3) is 0 Å². The maximum absolute atomic E-state index is 5.72. The molecule has 1 aromatic heterocycles. The predicted octanol–water partition coefficient (Wildman–Crippen LogP) is 1.70. The number of imidazole rings is 1. The minimum Gasteiger partial charge on any atom is -0.334 e. The molecule has 2 heterocycles. The Labute approximate surface area is 91.7 Å². The van der Waals surface area contributed by atoms with Crippen molar-refractivity contribution in [3.05, 3.63) is 17.7 Å². The summed E-state index contributed by atoms with van der Waals surface area (Å²) in [6.45, 7) is 8.47. The Hall–Kier alpha value is -0.830. The highest BCUT2D eigenvalue weighted by atomic mass is 15.1. The molecular weight excluding hydrogens is 186 g/mol. The van der Waals surface area contributed by atoms with Crippen molar-refractivity contribution in [3.8, 4) is 0 Å². The molecule has 2 rings (SSSR count). The van der Waals surface area contributed by atoms with Crippen LogP contribution in [0.15, 0.2) is 6.20 Å². The number of hydrogen-bond acceptors (Lipinski definition) is 2. The molecule has 1 aromatic rings. The van der Waals surface area contributed by atoms with E-state index in [1.54, 1.807) is 0 Å². The highest BCUT2D eigenvalue weighted by molar-refractivity contribution is 5.14. The third-order valence-corrected chi connectivity index (χ3v) is 3.19. The molecular formula is C12H21N3. The summed E-state index contributed by atoms with van der Waals surface area (Å²) in [7, 11) is 0. The lowest BCUT2D eigenvalue weighted by Crippen LogP contribution is -2.25. The van der Waals surface area contributed by atoms with Gasteiger partial charge in [-0.15, -0.1) is 0 Å². The van der Waals surface area contributed by atoms with Crippen molar-refractivity contribution < 1.29 is 0 Å². The average molecular weight is 207 g/mol. The molecule has 0 aliphatic carbocycles. The van der Waals surface area contributed by atoms with E-state index in [1.165, 1.54) is 17.9 Å². The molecule has 1 atom stereocenters. The molecule has 0 spiro atoms. The molecule has 84 valence electrons. The Bertz CT molecular complexity index is 346. The molecule has 0 bridgehead atoms. The second kappa shape index (κ2) is 3.63. The van der Waals surface area contributed by atoms with Gasteiger partial charge in [-0.2, -0.15) is 0 Å². The monoisotopic (exact) mass is 207 g/mol. The fourth-order valence-electron chi connectivity index (χ4n) is 2.07. The number of aryl methyl sites for hydroxylation is 1. The zero-order valence-corrected chi connectivity index (χ0v) is 9.95. The Balaban J connectivity index is 2.26. The van der Waals surface area contributed by atoms with Gasteiger partial charge >= 0.3 is 0 Å². The smallest absolute Gasteiger partial charge is 0.109 e. The summed E-state index contributed by atoms with van der Waals surface area (Å²) in [6.07, 6.45) is 4.48. The van der Waals surface area contributed by atoms with Crippen molar-refractivity contribution in [2.45, 2.75) is 45.6 Å². The molecule has 0 amide bonds. The van der Waals surface area contributed by atoms with Gasteiger partial charge in [-0.05, 0) is 18.9 Å². The number of hydrogen-bond donors (Lipinski definition) is 1. The van der Waals surface area contributed by atoms with Crippen molar-refractivity contribution in [3.63, 3.8) is 0 Å². The third kappa shape index (κ3) is 2.07. The van der Waals surface area contributed by atoms with Gasteiger partial charge in [0.15, 0.2) is 0 Å². The SMILES string of the molecule is CC(C)(C)c1cn2c(n1)CCC(CN)C2. The van der Waals surface area contributed by atoms with E-state index in [0.29, 0.717) is 5.92 Å². The number of nitrogens with two attached hydrogens (primary N) is 1. The normalized spacial score (nSPS) is 21.5. The summed E-state index contributed by atoms with van der Waals surface area (Å²) >= 11 is 0. The maximum Gasteiger partial charge on any atom is 0.109 e. The van der Waals surface area contributed by atoms with E-state index in [9.17, 15) is 0 Å². The molecule has 0 saturated heterocycles. The van der Waals surface area contributed by atoms with Crippen LogP contribution in [0.25, 0.3) is 0 Å². The molecule has 15 heavy (non-hydrogen) atoms. The molecule has 2 N–H and O–H groups in total. The summed E-state index contributed by atoms with van der Waals surface area (Å²) in [5.41, 5.74) is 7.08. The largest absolute Gasteiger partial charge is 0.334 e. The number of aromatic nitrogens is 2. The van der Waals surface area contributed by atoms with Crippen LogP contribution in [-0.4, -0.2) is 16.1 Å². The zero-order chi connectivity index (χ0) is 11.1. The first-order chi connectivity index (χ1) is 7.00. The molecule has 1 aliphatic rings. The minimum atomic E-state index is 0.155. The molecule has 0 radical (unpaired) electrons.